The number of anilines is 1. The summed E-state index contributed by atoms with van der Waals surface area (Å²) in [6.45, 7) is 0.833. The highest BCUT2D eigenvalue weighted by molar-refractivity contribution is 5.80. The molecule has 2 aromatic carbocycles. The molecule has 1 N–H and O–H groups in total. The highest BCUT2D eigenvalue weighted by Gasteiger charge is 1.95. The van der Waals surface area contributed by atoms with E-state index in [2.05, 4.69) is 39.8 Å². The minimum absolute atomic E-state index is 0.833. The van der Waals surface area contributed by atoms with Gasteiger partial charge in [-0.1, -0.05) is 42.5 Å². The molecule has 1 heterocycles. The molecule has 0 saturated heterocycles. The van der Waals surface area contributed by atoms with Crippen molar-refractivity contribution in [1.82, 2.24) is 9.55 Å². The second-order valence-electron chi connectivity index (χ2n) is 4.71. The van der Waals surface area contributed by atoms with Crippen molar-refractivity contribution in [3.63, 3.8) is 0 Å². The second kappa shape index (κ2) is 6.52. The molecular weight excluding hydrogens is 260 g/mol. The third-order valence-electron chi connectivity index (χ3n) is 3.09. The number of nitrogens with zero attached hydrogens (tertiary/aromatic N) is 3. The van der Waals surface area contributed by atoms with Gasteiger partial charge < -0.3 is 4.57 Å². The van der Waals surface area contributed by atoms with Gasteiger partial charge in [0.1, 0.15) is 0 Å². The molecule has 0 unspecified atom stereocenters. The van der Waals surface area contributed by atoms with E-state index in [1.54, 1.807) is 6.20 Å². The van der Waals surface area contributed by atoms with Crippen molar-refractivity contribution in [3.05, 3.63) is 84.4 Å². The summed E-state index contributed by atoms with van der Waals surface area (Å²) >= 11 is 0. The Morgan fingerprint density at radius 1 is 1.05 bits per heavy atom. The normalized spacial score (nSPS) is 10.9. The molecule has 0 aliphatic carbocycles. The van der Waals surface area contributed by atoms with Gasteiger partial charge in [0.2, 0.25) is 0 Å². The molecule has 0 amide bonds. The van der Waals surface area contributed by atoms with Crippen LogP contribution >= 0.6 is 0 Å². The molecule has 104 valence electrons. The topological polar surface area (TPSA) is 42.2 Å². The lowest BCUT2D eigenvalue weighted by molar-refractivity contribution is 0.797. The van der Waals surface area contributed by atoms with E-state index in [0.717, 1.165) is 17.8 Å². The first kappa shape index (κ1) is 13.1. The molecule has 0 aliphatic heterocycles. The number of para-hydroxylation sites is 1. The number of hydrogen-bond acceptors (Lipinski definition) is 3. The van der Waals surface area contributed by atoms with Crippen LogP contribution in [-0.4, -0.2) is 15.8 Å². The molecule has 4 heteroatoms. The van der Waals surface area contributed by atoms with Crippen LogP contribution in [0.5, 0.6) is 0 Å². The van der Waals surface area contributed by atoms with E-state index in [9.17, 15) is 0 Å². The van der Waals surface area contributed by atoms with E-state index in [1.807, 2.05) is 53.6 Å². The van der Waals surface area contributed by atoms with Crippen molar-refractivity contribution >= 4 is 11.9 Å². The Bertz CT molecular complexity index is 685. The Balaban J connectivity index is 1.59. The molecule has 0 atom stereocenters. The summed E-state index contributed by atoms with van der Waals surface area (Å²) in [6.07, 6.45) is 7.38. The van der Waals surface area contributed by atoms with Gasteiger partial charge in [0.05, 0.1) is 18.2 Å². The van der Waals surface area contributed by atoms with E-state index in [1.165, 1.54) is 5.56 Å². The number of hydrogen-bond donors (Lipinski definition) is 1. The number of aromatic nitrogens is 2. The van der Waals surface area contributed by atoms with E-state index >= 15 is 0 Å². The van der Waals surface area contributed by atoms with Gasteiger partial charge in [-0.3, -0.25) is 5.43 Å². The number of imidazole rings is 1. The van der Waals surface area contributed by atoms with Crippen LogP contribution in [0.3, 0.4) is 0 Å². The number of hydrazone groups is 1. The molecule has 1 aromatic heterocycles. The lowest BCUT2D eigenvalue weighted by Gasteiger charge is -2.03. The SMILES string of the molecule is C(=NNc1ccccc1)c1ccc(Cn2ccnc2)cc1. The largest absolute Gasteiger partial charge is 0.333 e. The third-order valence-corrected chi connectivity index (χ3v) is 3.09. The molecule has 4 nitrogen and oxygen atoms in total. The molecule has 0 spiro atoms. The van der Waals surface area contributed by atoms with Gasteiger partial charge in [0, 0.05) is 18.9 Å². The Kier molecular flexibility index (Phi) is 4.07. The highest BCUT2D eigenvalue weighted by Crippen LogP contribution is 2.06. The zero-order valence-electron chi connectivity index (χ0n) is 11.6. The Hall–Kier alpha value is -2.88. The van der Waals surface area contributed by atoms with Crippen LogP contribution in [-0.2, 0) is 6.54 Å². The van der Waals surface area contributed by atoms with Gasteiger partial charge in [0.15, 0.2) is 0 Å². The summed E-state index contributed by atoms with van der Waals surface area (Å²) in [5.41, 5.74) is 6.28. The zero-order valence-corrected chi connectivity index (χ0v) is 11.6. The summed E-state index contributed by atoms with van der Waals surface area (Å²) in [5.74, 6) is 0. The van der Waals surface area contributed by atoms with E-state index in [4.69, 9.17) is 0 Å². The fourth-order valence-corrected chi connectivity index (χ4v) is 1.99. The van der Waals surface area contributed by atoms with Crippen LogP contribution < -0.4 is 5.43 Å². The maximum absolute atomic E-state index is 4.23. The number of nitrogens with one attached hydrogen (secondary N) is 1. The van der Waals surface area contributed by atoms with Crippen molar-refractivity contribution in [3.8, 4) is 0 Å². The minimum Gasteiger partial charge on any atom is -0.333 e. The predicted octanol–water partition coefficient (Wildman–Crippen LogP) is 3.38. The molecule has 0 radical (unpaired) electrons. The average Bonchev–Trinajstić information content (AvgIpc) is 3.03. The molecule has 0 saturated carbocycles. The summed E-state index contributed by atoms with van der Waals surface area (Å²) in [6, 6.07) is 18.2. The first-order chi connectivity index (χ1) is 10.4. The fraction of sp³-hybridized carbons (Fsp3) is 0.0588. The summed E-state index contributed by atoms with van der Waals surface area (Å²) in [4.78, 5) is 4.04. The quantitative estimate of drug-likeness (QED) is 0.573. The maximum Gasteiger partial charge on any atom is 0.0949 e. The highest BCUT2D eigenvalue weighted by atomic mass is 15.3. The molecule has 3 aromatic rings. The summed E-state index contributed by atoms with van der Waals surface area (Å²) in [7, 11) is 0. The minimum atomic E-state index is 0.833. The monoisotopic (exact) mass is 276 g/mol. The Labute approximate surface area is 123 Å². The number of rotatable bonds is 5. The average molecular weight is 276 g/mol. The predicted molar refractivity (Wildman–Crippen MR) is 85.4 cm³/mol. The second-order valence-corrected chi connectivity index (χ2v) is 4.71. The molecule has 0 bridgehead atoms. The molecule has 3 rings (SSSR count). The Morgan fingerprint density at radius 2 is 1.86 bits per heavy atom. The lowest BCUT2D eigenvalue weighted by atomic mass is 10.1. The van der Waals surface area contributed by atoms with Crippen LogP contribution in [0.2, 0.25) is 0 Å². The molecule has 0 aliphatic rings. The third kappa shape index (κ3) is 3.79. The van der Waals surface area contributed by atoms with Gasteiger partial charge >= 0.3 is 0 Å². The molecule has 0 fully saturated rings. The maximum atomic E-state index is 4.23. The van der Waals surface area contributed by atoms with Gasteiger partial charge in [-0.2, -0.15) is 5.10 Å². The van der Waals surface area contributed by atoms with Gasteiger partial charge in [-0.15, -0.1) is 0 Å². The van der Waals surface area contributed by atoms with Crippen molar-refractivity contribution in [2.45, 2.75) is 6.54 Å². The summed E-state index contributed by atoms with van der Waals surface area (Å²) in [5, 5.41) is 4.23. The first-order valence-corrected chi connectivity index (χ1v) is 6.79. The Morgan fingerprint density at radius 3 is 2.57 bits per heavy atom. The van der Waals surface area contributed by atoms with Crippen molar-refractivity contribution in [1.29, 1.82) is 0 Å². The fourth-order valence-electron chi connectivity index (χ4n) is 1.99. The van der Waals surface area contributed by atoms with E-state index in [0.29, 0.717) is 0 Å². The summed E-state index contributed by atoms with van der Waals surface area (Å²) < 4.78 is 2.04. The van der Waals surface area contributed by atoms with Gasteiger partial charge in [-0.05, 0) is 23.3 Å². The molecular formula is C17H16N4. The van der Waals surface area contributed by atoms with Crippen LogP contribution in [0.1, 0.15) is 11.1 Å². The smallest absolute Gasteiger partial charge is 0.0949 e. The zero-order chi connectivity index (χ0) is 14.3. The lowest BCUT2D eigenvalue weighted by Crippen LogP contribution is -1.96. The van der Waals surface area contributed by atoms with Gasteiger partial charge in [-0.25, -0.2) is 4.98 Å². The van der Waals surface area contributed by atoms with Crippen molar-refractivity contribution < 1.29 is 0 Å². The van der Waals surface area contributed by atoms with E-state index in [-0.39, 0.29) is 0 Å². The van der Waals surface area contributed by atoms with E-state index < -0.39 is 0 Å². The first-order valence-electron chi connectivity index (χ1n) is 6.79. The number of benzene rings is 2. The van der Waals surface area contributed by atoms with Crippen LogP contribution in [0.15, 0.2) is 78.4 Å². The standard InChI is InChI=1S/C17H16N4/c1-2-4-17(5-3-1)20-19-12-15-6-8-16(9-7-15)13-21-11-10-18-14-21/h1-12,14,20H,13H2. The molecule has 21 heavy (non-hydrogen) atoms. The van der Waals surface area contributed by atoms with Crippen molar-refractivity contribution in [2.75, 3.05) is 5.43 Å². The van der Waals surface area contributed by atoms with Crippen molar-refractivity contribution in [2.24, 2.45) is 5.10 Å². The van der Waals surface area contributed by atoms with Crippen LogP contribution in [0.25, 0.3) is 0 Å². The van der Waals surface area contributed by atoms with Gasteiger partial charge in [0.25, 0.3) is 0 Å². The van der Waals surface area contributed by atoms with Crippen LogP contribution in [0.4, 0.5) is 5.69 Å². The van der Waals surface area contributed by atoms with Crippen LogP contribution in [0, 0.1) is 0 Å².